The minimum Gasteiger partial charge on any atom is -0.493 e. The largest absolute Gasteiger partial charge is 0.493 e. The molecule has 4 rings (SSSR count). The van der Waals surface area contributed by atoms with E-state index >= 15 is 0 Å². The van der Waals surface area contributed by atoms with Gasteiger partial charge in [0.25, 0.3) is 0 Å². The van der Waals surface area contributed by atoms with Crippen molar-refractivity contribution in [2.75, 3.05) is 11.9 Å². The quantitative estimate of drug-likeness (QED) is 0.333. The molecule has 168 valence electrons. The Morgan fingerprint density at radius 2 is 1.91 bits per heavy atom. The maximum Gasteiger partial charge on any atom is 0.249 e. The molecular formula is C28H28N2O3. The van der Waals surface area contributed by atoms with E-state index in [1.54, 1.807) is 18.5 Å². The number of carbonyl (C=O) groups is 1. The van der Waals surface area contributed by atoms with Crippen molar-refractivity contribution in [3.05, 3.63) is 83.3 Å². The molecule has 0 fully saturated rings. The highest BCUT2D eigenvalue weighted by molar-refractivity contribution is 6.05. The molecule has 0 radical (unpaired) electrons. The van der Waals surface area contributed by atoms with Crippen LogP contribution in [-0.4, -0.2) is 17.5 Å². The van der Waals surface area contributed by atoms with Crippen molar-refractivity contribution < 1.29 is 13.9 Å². The third kappa shape index (κ3) is 4.67. The van der Waals surface area contributed by atoms with E-state index in [0.717, 1.165) is 38.8 Å². The van der Waals surface area contributed by atoms with E-state index in [-0.39, 0.29) is 5.91 Å². The van der Waals surface area contributed by atoms with Crippen molar-refractivity contribution in [3.8, 4) is 16.9 Å². The Morgan fingerprint density at radius 1 is 1.09 bits per heavy atom. The average molecular weight is 441 g/mol. The Morgan fingerprint density at radius 3 is 2.64 bits per heavy atom. The fraction of sp³-hybridized carbons (Fsp3) is 0.214. The SMILES string of the molecule is CCOc1cc2occ(-c3ccc(C)cc3C)c2cc1/C(C)=C/C(=O)Nc1ncccc1C. The Bertz CT molecular complexity index is 1370. The standard InChI is InChI=1S/C28H28N2O3/c1-6-32-25-15-26-23(24(16-33-26)21-10-9-17(2)12-19(21)4)14-22(25)20(5)13-27(31)30-28-18(3)8-7-11-29-28/h7-16H,6H2,1-5H3,(H,29,30,31)/b20-13+. The zero-order valence-corrected chi connectivity index (χ0v) is 19.7. The molecule has 4 aromatic rings. The number of furan rings is 1. The summed E-state index contributed by atoms with van der Waals surface area (Å²) in [4.78, 5) is 16.9. The van der Waals surface area contributed by atoms with Crippen LogP contribution in [0.1, 0.15) is 36.1 Å². The summed E-state index contributed by atoms with van der Waals surface area (Å²) in [6, 6.07) is 14.1. The number of benzene rings is 2. The number of ether oxygens (including phenoxy) is 1. The first-order valence-electron chi connectivity index (χ1n) is 11.0. The smallest absolute Gasteiger partial charge is 0.249 e. The fourth-order valence-corrected chi connectivity index (χ4v) is 4.01. The summed E-state index contributed by atoms with van der Waals surface area (Å²) >= 11 is 0. The van der Waals surface area contributed by atoms with Gasteiger partial charge in [-0.15, -0.1) is 0 Å². The van der Waals surface area contributed by atoms with Crippen LogP contribution in [0.2, 0.25) is 0 Å². The molecule has 0 aliphatic carbocycles. The number of carbonyl (C=O) groups excluding carboxylic acids is 1. The number of allylic oxidation sites excluding steroid dienone is 1. The van der Waals surface area contributed by atoms with Gasteiger partial charge in [-0.2, -0.15) is 0 Å². The highest BCUT2D eigenvalue weighted by atomic mass is 16.5. The number of amides is 1. The first kappa shape index (κ1) is 22.3. The van der Waals surface area contributed by atoms with Gasteiger partial charge in [-0.05, 0) is 69.0 Å². The number of nitrogens with one attached hydrogen (secondary N) is 1. The molecule has 0 aliphatic rings. The second-order valence-corrected chi connectivity index (χ2v) is 8.23. The van der Waals surface area contributed by atoms with Crippen LogP contribution in [0.15, 0.2) is 65.4 Å². The third-order valence-electron chi connectivity index (χ3n) is 5.67. The molecule has 0 atom stereocenters. The Hall–Kier alpha value is -3.86. The Kier molecular flexibility index (Phi) is 6.31. The molecule has 0 bridgehead atoms. The molecule has 1 amide bonds. The minimum atomic E-state index is -0.237. The van der Waals surface area contributed by atoms with Crippen LogP contribution in [0.4, 0.5) is 5.82 Å². The highest BCUT2D eigenvalue weighted by Crippen LogP contribution is 2.38. The first-order valence-corrected chi connectivity index (χ1v) is 11.0. The van der Waals surface area contributed by atoms with E-state index in [9.17, 15) is 4.79 Å². The molecule has 0 unspecified atom stereocenters. The molecule has 0 spiro atoms. The first-order chi connectivity index (χ1) is 15.9. The molecule has 2 aromatic heterocycles. The van der Waals surface area contributed by atoms with Gasteiger partial charge < -0.3 is 14.5 Å². The van der Waals surface area contributed by atoms with E-state index in [2.05, 4.69) is 42.3 Å². The summed E-state index contributed by atoms with van der Waals surface area (Å²) in [6.07, 6.45) is 5.03. The van der Waals surface area contributed by atoms with Gasteiger partial charge in [0.05, 0.1) is 12.9 Å². The average Bonchev–Trinajstić information content (AvgIpc) is 3.17. The van der Waals surface area contributed by atoms with E-state index in [1.807, 2.05) is 45.0 Å². The number of rotatable bonds is 6. The normalized spacial score (nSPS) is 11.6. The molecule has 5 heteroatoms. The molecule has 1 N–H and O–H groups in total. The van der Waals surface area contributed by atoms with Gasteiger partial charge in [0, 0.05) is 34.9 Å². The van der Waals surface area contributed by atoms with Gasteiger partial charge in [-0.1, -0.05) is 29.8 Å². The lowest BCUT2D eigenvalue weighted by atomic mass is 9.96. The molecule has 2 heterocycles. The van der Waals surface area contributed by atoms with Crippen molar-refractivity contribution in [2.45, 2.75) is 34.6 Å². The van der Waals surface area contributed by atoms with Gasteiger partial charge in [0.15, 0.2) is 0 Å². The topological polar surface area (TPSA) is 64.4 Å². The fourth-order valence-electron chi connectivity index (χ4n) is 4.01. The van der Waals surface area contributed by atoms with Crippen LogP contribution >= 0.6 is 0 Å². The van der Waals surface area contributed by atoms with Crippen molar-refractivity contribution in [2.24, 2.45) is 0 Å². The summed E-state index contributed by atoms with van der Waals surface area (Å²) in [5.74, 6) is 1.000. The van der Waals surface area contributed by atoms with Crippen LogP contribution < -0.4 is 10.1 Å². The van der Waals surface area contributed by atoms with E-state index < -0.39 is 0 Å². The predicted octanol–water partition coefficient (Wildman–Crippen LogP) is 6.86. The van der Waals surface area contributed by atoms with Gasteiger partial charge in [0.2, 0.25) is 5.91 Å². The second-order valence-electron chi connectivity index (χ2n) is 8.23. The number of hydrogen-bond donors (Lipinski definition) is 1. The zero-order valence-electron chi connectivity index (χ0n) is 19.7. The maximum absolute atomic E-state index is 12.7. The van der Waals surface area contributed by atoms with Crippen LogP contribution in [0.5, 0.6) is 5.75 Å². The molecule has 0 saturated carbocycles. The van der Waals surface area contributed by atoms with Crippen LogP contribution in [-0.2, 0) is 4.79 Å². The molecule has 2 aromatic carbocycles. The molecule has 0 saturated heterocycles. The monoisotopic (exact) mass is 440 g/mol. The van der Waals surface area contributed by atoms with Crippen LogP contribution in [0, 0.1) is 20.8 Å². The molecule has 0 aliphatic heterocycles. The summed E-state index contributed by atoms with van der Waals surface area (Å²) in [6.45, 7) is 10.5. The number of hydrogen-bond acceptors (Lipinski definition) is 4. The van der Waals surface area contributed by atoms with Gasteiger partial charge in [-0.3, -0.25) is 4.79 Å². The van der Waals surface area contributed by atoms with Gasteiger partial charge in [0.1, 0.15) is 17.2 Å². The minimum absolute atomic E-state index is 0.237. The molecule has 33 heavy (non-hydrogen) atoms. The van der Waals surface area contributed by atoms with Crippen molar-refractivity contribution in [1.82, 2.24) is 4.98 Å². The van der Waals surface area contributed by atoms with Crippen molar-refractivity contribution in [1.29, 1.82) is 0 Å². The number of nitrogens with zero attached hydrogens (tertiary/aromatic N) is 1. The second kappa shape index (κ2) is 9.33. The lowest BCUT2D eigenvalue weighted by Gasteiger charge is -2.12. The zero-order chi connectivity index (χ0) is 23.5. The van der Waals surface area contributed by atoms with Crippen LogP contribution in [0.3, 0.4) is 0 Å². The maximum atomic E-state index is 12.7. The Balaban J connectivity index is 1.76. The summed E-state index contributed by atoms with van der Waals surface area (Å²) in [7, 11) is 0. The van der Waals surface area contributed by atoms with E-state index in [4.69, 9.17) is 9.15 Å². The summed E-state index contributed by atoms with van der Waals surface area (Å²) in [5.41, 5.74) is 7.85. The highest BCUT2D eigenvalue weighted by Gasteiger charge is 2.16. The number of anilines is 1. The van der Waals surface area contributed by atoms with Crippen molar-refractivity contribution in [3.63, 3.8) is 0 Å². The van der Waals surface area contributed by atoms with Gasteiger partial charge in [-0.25, -0.2) is 4.98 Å². The van der Waals surface area contributed by atoms with Crippen molar-refractivity contribution >= 4 is 28.3 Å². The number of aryl methyl sites for hydroxylation is 3. The molecule has 5 nitrogen and oxygen atoms in total. The number of pyridine rings is 1. The van der Waals surface area contributed by atoms with E-state index in [0.29, 0.717) is 18.2 Å². The predicted molar refractivity (Wildman–Crippen MR) is 134 cm³/mol. The lowest BCUT2D eigenvalue weighted by Crippen LogP contribution is -2.11. The third-order valence-corrected chi connectivity index (χ3v) is 5.67. The lowest BCUT2D eigenvalue weighted by molar-refractivity contribution is -0.111. The number of aromatic nitrogens is 1. The summed E-state index contributed by atoms with van der Waals surface area (Å²) < 4.78 is 11.8. The number of fused-ring (bicyclic) bond motifs is 1. The van der Waals surface area contributed by atoms with Crippen LogP contribution in [0.25, 0.3) is 27.7 Å². The van der Waals surface area contributed by atoms with E-state index in [1.165, 1.54) is 11.1 Å². The Labute approximate surface area is 194 Å². The summed E-state index contributed by atoms with van der Waals surface area (Å²) in [5, 5.41) is 3.84. The molecular weight excluding hydrogens is 412 g/mol. The van der Waals surface area contributed by atoms with Gasteiger partial charge >= 0.3 is 0 Å².